The van der Waals surface area contributed by atoms with Crippen molar-refractivity contribution >= 4 is 11.6 Å². The normalized spacial score (nSPS) is 18.0. The second-order valence-corrected chi connectivity index (χ2v) is 4.92. The van der Waals surface area contributed by atoms with Crippen LogP contribution in [0.25, 0.3) is 0 Å². The van der Waals surface area contributed by atoms with E-state index < -0.39 is 0 Å². The van der Waals surface area contributed by atoms with Crippen LogP contribution in [-0.4, -0.2) is 48.1 Å². The van der Waals surface area contributed by atoms with Gasteiger partial charge in [-0.1, -0.05) is 0 Å². The summed E-state index contributed by atoms with van der Waals surface area (Å²) in [7, 11) is 0. The standard InChI is InChI=1S/C15H23N3O2/c1-3-18(4-2)15(19)14-10-12(7-8-16-14)17-11-13-6-5-9-20-13/h7-8,10,13H,3-6,9,11H2,1-2H3,(H,16,17). The molecular formula is C15H23N3O2. The number of carbonyl (C=O) groups excluding carboxylic acids is 1. The van der Waals surface area contributed by atoms with Crippen LogP contribution in [0.15, 0.2) is 18.3 Å². The summed E-state index contributed by atoms with van der Waals surface area (Å²) >= 11 is 0. The summed E-state index contributed by atoms with van der Waals surface area (Å²) < 4.78 is 5.57. The lowest BCUT2D eigenvalue weighted by Crippen LogP contribution is -2.31. The van der Waals surface area contributed by atoms with Crippen molar-refractivity contribution in [3.63, 3.8) is 0 Å². The number of pyridine rings is 1. The third kappa shape index (κ3) is 3.70. The smallest absolute Gasteiger partial charge is 0.272 e. The Kier molecular flexibility index (Phi) is 5.35. The molecule has 1 unspecified atom stereocenters. The molecule has 5 heteroatoms. The van der Waals surface area contributed by atoms with E-state index in [1.807, 2.05) is 26.0 Å². The second kappa shape index (κ2) is 7.24. The quantitative estimate of drug-likeness (QED) is 0.865. The van der Waals surface area contributed by atoms with Gasteiger partial charge in [0.2, 0.25) is 0 Å². The number of ether oxygens (including phenoxy) is 1. The van der Waals surface area contributed by atoms with Gasteiger partial charge in [-0.2, -0.15) is 0 Å². The Labute approximate surface area is 120 Å². The summed E-state index contributed by atoms with van der Waals surface area (Å²) in [5.74, 6) is -0.0178. The highest BCUT2D eigenvalue weighted by Crippen LogP contribution is 2.15. The zero-order chi connectivity index (χ0) is 14.4. The fourth-order valence-corrected chi connectivity index (χ4v) is 2.37. The van der Waals surface area contributed by atoms with Gasteiger partial charge in [-0.05, 0) is 38.8 Å². The fourth-order valence-electron chi connectivity index (χ4n) is 2.37. The van der Waals surface area contributed by atoms with Gasteiger partial charge < -0.3 is 15.0 Å². The third-order valence-corrected chi connectivity index (χ3v) is 3.59. The van der Waals surface area contributed by atoms with Crippen molar-refractivity contribution in [1.82, 2.24) is 9.88 Å². The molecule has 1 saturated heterocycles. The van der Waals surface area contributed by atoms with Crippen LogP contribution in [0.2, 0.25) is 0 Å². The minimum absolute atomic E-state index is 0.0178. The summed E-state index contributed by atoms with van der Waals surface area (Å²) in [4.78, 5) is 18.2. The number of hydrogen-bond donors (Lipinski definition) is 1. The molecule has 5 nitrogen and oxygen atoms in total. The molecule has 1 amide bonds. The molecule has 0 aromatic carbocycles. The first-order chi connectivity index (χ1) is 9.74. The van der Waals surface area contributed by atoms with E-state index in [0.717, 1.165) is 31.7 Å². The summed E-state index contributed by atoms with van der Waals surface area (Å²) in [5.41, 5.74) is 1.41. The summed E-state index contributed by atoms with van der Waals surface area (Å²) in [6.45, 7) is 6.98. The van der Waals surface area contributed by atoms with Crippen LogP contribution in [0.5, 0.6) is 0 Å². The van der Waals surface area contributed by atoms with Gasteiger partial charge in [-0.3, -0.25) is 9.78 Å². The molecule has 110 valence electrons. The first-order valence-corrected chi connectivity index (χ1v) is 7.35. The van der Waals surface area contributed by atoms with E-state index in [4.69, 9.17) is 4.74 Å². The number of anilines is 1. The largest absolute Gasteiger partial charge is 0.382 e. The van der Waals surface area contributed by atoms with Crippen LogP contribution in [0.4, 0.5) is 5.69 Å². The van der Waals surface area contributed by atoms with Gasteiger partial charge >= 0.3 is 0 Å². The zero-order valence-electron chi connectivity index (χ0n) is 12.3. The minimum Gasteiger partial charge on any atom is -0.382 e. The molecule has 1 aromatic heterocycles. The zero-order valence-corrected chi connectivity index (χ0v) is 12.3. The number of aromatic nitrogens is 1. The van der Waals surface area contributed by atoms with E-state index in [-0.39, 0.29) is 12.0 Å². The Balaban J connectivity index is 1.97. The highest BCUT2D eigenvalue weighted by atomic mass is 16.5. The predicted molar refractivity (Wildman–Crippen MR) is 79.0 cm³/mol. The molecule has 0 radical (unpaired) electrons. The number of hydrogen-bond acceptors (Lipinski definition) is 4. The lowest BCUT2D eigenvalue weighted by molar-refractivity contribution is 0.0767. The number of nitrogens with zero attached hydrogens (tertiary/aromatic N) is 2. The Hall–Kier alpha value is -1.62. The highest BCUT2D eigenvalue weighted by molar-refractivity contribution is 5.93. The molecule has 2 heterocycles. The van der Waals surface area contributed by atoms with Crippen molar-refractivity contribution in [3.05, 3.63) is 24.0 Å². The molecule has 1 aliphatic heterocycles. The van der Waals surface area contributed by atoms with Crippen LogP contribution in [0.1, 0.15) is 37.2 Å². The first-order valence-electron chi connectivity index (χ1n) is 7.35. The molecule has 2 rings (SSSR count). The number of nitrogens with one attached hydrogen (secondary N) is 1. The third-order valence-electron chi connectivity index (χ3n) is 3.59. The second-order valence-electron chi connectivity index (χ2n) is 4.92. The van der Waals surface area contributed by atoms with E-state index in [2.05, 4.69) is 10.3 Å². The summed E-state index contributed by atoms with van der Waals surface area (Å²) in [6, 6.07) is 3.70. The van der Waals surface area contributed by atoms with E-state index in [9.17, 15) is 4.79 Å². The first kappa shape index (κ1) is 14.8. The van der Waals surface area contributed by atoms with Crippen LogP contribution in [0.3, 0.4) is 0 Å². The molecule has 1 aromatic rings. The highest BCUT2D eigenvalue weighted by Gasteiger charge is 2.16. The van der Waals surface area contributed by atoms with Gasteiger partial charge in [-0.25, -0.2) is 0 Å². The van der Waals surface area contributed by atoms with Gasteiger partial charge in [0.15, 0.2) is 0 Å². The topological polar surface area (TPSA) is 54.5 Å². The Morgan fingerprint density at radius 1 is 1.50 bits per heavy atom. The van der Waals surface area contributed by atoms with E-state index >= 15 is 0 Å². The molecule has 1 N–H and O–H groups in total. The van der Waals surface area contributed by atoms with Crippen molar-refractivity contribution < 1.29 is 9.53 Å². The Morgan fingerprint density at radius 2 is 2.30 bits per heavy atom. The maximum atomic E-state index is 12.2. The van der Waals surface area contributed by atoms with Gasteiger partial charge in [-0.15, -0.1) is 0 Å². The van der Waals surface area contributed by atoms with Crippen LogP contribution >= 0.6 is 0 Å². The molecule has 0 aliphatic carbocycles. The fraction of sp³-hybridized carbons (Fsp3) is 0.600. The van der Waals surface area contributed by atoms with Gasteiger partial charge in [0.1, 0.15) is 5.69 Å². The molecular weight excluding hydrogens is 254 g/mol. The lowest BCUT2D eigenvalue weighted by Gasteiger charge is -2.18. The molecule has 1 atom stereocenters. The van der Waals surface area contributed by atoms with Crippen molar-refractivity contribution in [3.8, 4) is 0 Å². The van der Waals surface area contributed by atoms with E-state index in [1.165, 1.54) is 0 Å². The Morgan fingerprint density at radius 3 is 2.95 bits per heavy atom. The van der Waals surface area contributed by atoms with Crippen LogP contribution < -0.4 is 5.32 Å². The number of carbonyl (C=O) groups is 1. The van der Waals surface area contributed by atoms with E-state index in [1.54, 1.807) is 11.1 Å². The maximum Gasteiger partial charge on any atom is 0.272 e. The summed E-state index contributed by atoms with van der Waals surface area (Å²) in [6.07, 6.45) is 4.19. The predicted octanol–water partition coefficient (Wildman–Crippen LogP) is 2.15. The molecule has 0 saturated carbocycles. The van der Waals surface area contributed by atoms with Crippen molar-refractivity contribution in [2.75, 3.05) is 31.6 Å². The lowest BCUT2D eigenvalue weighted by atomic mass is 10.2. The maximum absolute atomic E-state index is 12.2. The van der Waals surface area contributed by atoms with Crippen LogP contribution in [0, 0.1) is 0 Å². The summed E-state index contributed by atoms with van der Waals surface area (Å²) in [5, 5.41) is 3.32. The van der Waals surface area contributed by atoms with Crippen molar-refractivity contribution in [1.29, 1.82) is 0 Å². The van der Waals surface area contributed by atoms with Crippen molar-refractivity contribution in [2.45, 2.75) is 32.8 Å². The molecule has 1 fully saturated rings. The van der Waals surface area contributed by atoms with Crippen LogP contribution in [-0.2, 0) is 4.74 Å². The molecule has 20 heavy (non-hydrogen) atoms. The number of rotatable bonds is 6. The Bertz CT molecular complexity index is 440. The van der Waals surface area contributed by atoms with Gasteiger partial charge in [0, 0.05) is 38.1 Å². The molecule has 0 bridgehead atoms. The molecule has 0 spiro atoms. The monoisotopic (exact) mass is 277 g/mol. The van der Waals surface area contributed by atoms with Crippen molar-refractivity contribution in [2.24, 2.45) is 0 Å². The van der Waals surface area contributed by atoms with E-state index in [0.29, 0.717) is 18.8 Å². The SMILES string of the molecule is CCN(CC)C(=O)c1cc(NCC2CCCO2)ccn1. The van der Waals surface area contributed by atoms with Gasteiger partial charge in [0.25, 0.3) is 5.91 Å². The number of amides is 1. The minimum atomic E-state index is -0.0178. The average Bonchev–Trinajstić information content (AvgIpc) is 3.00. The average molecular weight is 277 g/mol. The van der Waals surface area contributed by atoms with Gasteiger partial charge in [0.05, 0.1) is 6.10 Å². The molecule has 1 aliphatic rings.